The van der Waals surface area contributed by atoms with Crippen molar-refractivity contribution < 1.29 is 19.0 Å². The third kappa shape index (κ3) is 2.78. The fraction of sp³-hybridized carbons (Fsp3) is 0.455. The van der Waals surface area contributed by atoms with Crippen LogP contribution in [0.5, 0.6) is 0 Å². The molecular weight excluding hydrogens is 227 g/mol. The summed E-state index contributed by atoms with van der Waals surface area (Å²) in [5.41, 5.74) is -1.12. The molecule has 1 aromatic heterocycles. The number of amides is 1. The van der Waals surface area contributed by atoms with Gasteiger partial charge in [0, 0.05) is 25.8 Å². The molecule has 1 aromatic rings. The van der Waals surface area contributed by atoms with E-state index in [1.165, 1.54) is 12.3 Å². The number of rotatable bonds is 3. The van der Waals surface area contributed by atoms with Crippen LogP contribution in [-0.4, -0.2) is 41.4 Å². The maximum absolute atomic E-state index is 13.2. The van der Waals surface area contributed by atoms with Crippen LogP contribution in [0.1, 0.15) is 16.8 Å². The van der Waals surface area contributed by atoms with Crippen molar-refractivity contribution in [2.75, 3.05) is 19.8 Å². The topological polar surface area (TPSA) is 71.5 Å². The predicted molar refractivity (Wildman–Crippen MR) is 56.9 cm³/mol. The zero-order chi connectivity index (χ0) is 12.3. The minimum absolute atomic E-state index is 0.0492. The maximum Gasteiger partial charge on any atom is 0.254 e. The summed E-state index contributed by atoms with van der Waals surface area (Å²) < 4.78 is 18.3. The molecule has 1 saturated heterocycles. The highest BCUT2D eigenvalue weighted by molar-refractivity contribution is 5.94. The van der Waals surface area contributed by atoms with Gasteiger partial charge in [-0.25, -0.2) is 4.39 Å². The van der Waals surface area contributed by atoms with Crippen LogP contribution in [0.3, 0.4) is 0 Å². The summed E-state index contributed by atoms with van der Waals surface area (Å²) in [5, 5.41) is 12.4. The third-order valence-electron chi connectivity index (χ3n) is 2.68. The number of aromatic nitrogens is 1. The molecule has 1 atom stereocenters. The lowest BCUT2D eigenvalue weighted by molar-refractivity contribution is 0.0264. The molecule has 17 heavy (non-hydrogen) atoms. The van der Waals surface area contributed by atoms with Gasteiger partial charge in [0.25, 0.3) is 5.91 Å². The second kappa shape index (κ2) is 4.77. The van der Waals surface area contributed by atoms with E-state index < -0.39 is 17.3 Å². The smallest absolute Gasteiger partial charge is 0.254 e. The molecule has 0 bridgehead atoms. The van der Waals surface area contributed by atoms with Gasteiger partial charge in [-0.1, -0.05) is 0 Å². The first-order chi connectivity index (χ1) is 8.11. The van der Waals surface area contributed by atoms with E-state index in [0.29, 0.717) is 13.0 Å². The number of hydrogen-bond acceptors (Lipinski definition) is 4. The van der Waals surface area contributed by atoms with Crippen LogP contribution in [0.15, 0.2) is 18.5 Å². The summed E-state index contributed by atoms with van der Waals surface area (Å²) in [5.74, 6) is -1.25. The second-order valence-corrected chi connectivity index (χ2v) is 4.07. The largest absolute Gasteiger partial charge is 0.386 e. The van der Waals surface area contributed by atoms with Crippen molar-refractivity contribution in [3.05, 3.63) is 29.8 Å². The summed E-state index contributed by atoms with van der Waals surface area (Å²) in [6, 6.07) is 1.29. The van der Waals surface area contributed by atoms with Gasteiger partial charge >= 0.3 is 0 Å². The molecule has 1 unspecified atom stereocenters. The molecular formula is C11H13FN2O3. The Morgan fingerprint density at radius 3 is 3.18 bits per heavy atom. The van der Waals surface area contributed by atoms with Crippen molar-refractivity contribution in [3.8, 4) is 0 Å². The van der Waals surface area contributed by atoms with Crippen molar-refractivity contribution >= 4 is 5.91 Å². The van der Waals surface area contributed by atoms with E-state index in [1.54, 1.807) is 0 Å². The molecule has 1 fully saturated rings. The van der Waals surface area contributed by atoms with Gasteiger partial charge in [-0.3, -0.25) is 9.78 Å². The van der Waals surface area contributed by atoms with Gasteiger partial charge in [-0.05, 0) is 6.07 Å². The Kier molecular flexibility index (Phi) is 3.35. The zero-order valence-electron chi connectivity index (χ0n) is 9.15. The Labute approximate surface area is 97.6 Å². The highest BCUT2D eigenvalue weighted by Crippen LogP contribution is 2.17. The highest BCUT2D eigenvalue weighted by Gasteiger charge is 2.32. The summed E-state index contributed by atoms with van der Waals surface area (Å²) in [7, 11) is 0. The number of carbonyl (C=O) groups excluding carboxylic acids is 1. The van der Waals surface area contributed by atoms with Gasteiger partial charge in [0.1, 0.15) is 5.60 Å². The summed E-state index contributed by atoms with van der Waals surface area (Å²) in [4.78, 5) is 15.2. The highest BCUT2D eigenvalue weighted by atomic mass is 19.1. The molecule has 6 heteroatoms. The quantitative estimate of drug-likeness (QED) is 0.786. The Morgan fingerprint density at radius 2 is 2.53 bits per heavy atom. The van der Waals surface area contributed by atoms with E-state index in [9.17, 15) is 14.3 Å². The molecule has 0 spiro atoms. The van der Waals surface area contributed by atoms with E-state index in [2.05, 4.69) is 10.3 Å². The number of hydrogen-bond donors (Lipinski definition) is 2. The average Bonchev–Trinajstić information content (AvgIpc) is 2.74. The van der Waals surface area contributed by atoms with Crippen LogP contribution in [0.4, 0.5) is 4.39 Å². The maximum atomic E-state index is 13.2. The Balaban J connectivity index is 1.96. The number of pyridine rings is 1. The van der Waals surface area contributed by atoms with Gasteiger partial charge in [0.2, 0.25) is 0 Å². The Morgan fingerprint density at radius 1 is 1.71 bits per heavy atom. The van der Waals surface area contributed by atoms with Gasteiger partial charge in [0.05, 0.1) is 18.4 Å². The van der Waals surface area contributed by atoms with Crippen LogP contribution < -0.4 is 5.32 Å². The fourth-order valence-electron chi connectivity index (χ4n) is 1.64. The monoisotopic (exact) mass is 240 g/mol. The van der Waals surface area contributed by atoms with Gasteiger partial charge in [0.15, 0.2) is 5.82 Å². The van der Waals surface area contributed by atoms with Crippen LogP contribution in [0.25, 0.3) is 0 Å². The number of aliphatic hydroxyl groups is 1. The van der Waals surface area contributed by atoms with Crippen LogP contribution in [-0.2, 0) is 4.74 Å². The standard InChI is InChI=1S/C11H13FN2O3/c12-9-5-13-3-1-8(9)10(15)14-6-11(16)2-4-17-7-11/h1,3,5,16H,2,4,6-7H2,(H,14,15). The average molecular weight is 240 g/mol. The number of ether oxygens (including phenoxy) is 1. The molecule has 0 radical (unpaired) electrons. The van der Waals surface area contributed by atoms with Crippen molar-refractivity contribution in [3.63, 3.8) is 0 Å². The summed E-state index contributed by atoms with van der Waals surface area (Å²) in [6.07, 6.45) is 2.78. The minimum Gasteiger partial charge on any atom is -0.386 e. The lowest BCUT2D eigenvalue weighted by Gasteiger charge is -2.20. The number of carbonyl (C=O) groups is 1. The first kappa shape index (κ1) is 11.9. The van der Waals surface area contributed by atoms with E-state index in [4.69, 9.17) is 4.74 Å². The van der Waals surface area contributed by atoms with Crippen molar-refractivity contribution in [2.24, 2.45) is 0 Å². The predicted octanol–water partition coefficient (Wildman–Crippen LogP) is 0.102. The van der Waals surface area contributed by atoms with Crippen molar-refractivity contribution in [2.45, 2.75) is 12.0 Å². The second-order valence-electron chi connectivity index (χ2n) is 4.07. The normalized spacial score (nSPS) is 23.6. The van der Waals surface area contributed by atoms with E-state index in [-0.39, 0.29) is 18.7 Å². The molecule has 0 saturated carbocycles. The van der Waals surface area contributed by atoms with E-state index in [1.807, 2.05) is 0 Å². The van der Waals surface area contributed by atoms with Crippen LogP contribution >= 0.6 is 0 Å². The molecule has 2 rings (SSSR count). The minimum atomic E-state index is -1.04. The van der Waals surface area contributed by atoms with Crippen molar-refractivity contribution in [1.29, 1.82) is 0 Å². The third-order valence-corrected chi connectivity index (χ3v) is 2.68. The Hall–Kier alpha value is -1.53. The van der Waals surface area contributed by atoms with Crippen molar-refractivity contribution in [1.82, 2.24) is 10.3 Å². The molecule has 2 N–H and O–H groups in total. The number of nitrogens with zero attached hydrogens (tertiary/aromatic N) is 1. The fourth-order valence-corrected chi connectivity index (χ4v) is 1.64. The first-order valence-corrected chi connectivity index (χ1v) is 5.29. The molecule has 1 aliphatic heterocycles. The zero-order valence-corrected chi connectivity index (χ0v) is 9.15. The van der Waals surface area contributed by atoms with Crippen LogP contribution in [0.2, 0.25) is 0 Å². The number of nitrogens with one attached hydrogen (secondary N) is 1. The van der Waals surface area contributed by atoms with Gasteiger partial charge in [-0.15, -0.1) is 0 Å². The lowest BCUT2D eigenvalue weighted by atomic mass is 10.0. The number of halogens is 1. The van der Waals surface area contributed by atoms with Gasteiger partial charge in [-0.2, -0.15) is 0 Å². The van der Waals surface area contributed by atoms with E-state index >= 15 is 0 Å². The molecule has 0 aliphatic carbocycles. The SMILES string of the molecule is O=C(NCC1(O)CCOC1)c1ccncc1F. The molecule has 2 heterocycles. The van der Waals surface area contributed by atoms with Gasteiger partial charge < -0.3 is 15.2 Å². The lowest BCUT2D eigenvalue weighted by Crippen LogP contribution is -2.43. The first-order valence-electron chi connectivity index (χ1n) is 5.29. The molecule has 5 nitrogen and oxygen atoms in total. The van der Waals surface area contributed by atoms with Crippen LogP contribution in [0, 0.1) is 5.82 Å². The molecule has 1 amide bonds. The van der Waals surface area contributed by atoms with E-state index in [0.717, 1.165) is 6.20 Å². The summed E-state index contributed by atoms with van der Waals surface area (Å²) >= 11 is 0. The molecule has 0 aromatic carbocycles. The molecule has 92 valence electrons. The molecule has 1 aliphatic rings. The summed E-state index contributed by atoms with van der Waals surface area (Å²) in [6.45, 7) is 0.704. The Bertz CT molecular complexity index is 419.